The van der Waals surface area contributed by atoms with Crippen molar-refractivity contribution in [3.05, 3.63) is 0 Å². The lowest BCUT2D eigenvalue weighted by Crippen LogP contribution is -2.45. The Kier molecular flexibility index (Phi) is 9.69. The summed E-state index contributed by atoms with van der Waals surface area (Å²) in [6.07, 6.45) is 1.49. The molecule has 2 aliphatic rings. The van der Waals surface area contributed by atoms with Crippen LogP contribution < -0.4 is 16.4 Å². The van der Waals surface area contributed by atoms with Crippen LogP contribution in [-0.2, 0) is 33.6 Å². The predicted molar refractivity (Wildman–Crippen MR) is 118 cm³/mol. The summed E-state index contributed by atoms with van der Waals surface area (Å²) in [7, 11) is 0. The fourth-order valence-electron chi connectivity index (χ4n) is 3.93. The molecule has 2 heterocycles. The van der Waals surface area contributed by atoms with Gasteiger partial charge in [-0.05, 0) is 19.3 Å². The first-order valence-electron chi connectivity index (χ1n) is 11.5. The second kappa shape index (κ2) is 12.2. The summed E-state index contributed by atoms with van der Waals surface area (Å²) in [6, 6.07) is -0.902. The minimum atomic E-state index is -0.902. The highest BCUT2D eigenvalue weighted by Crippen LogP contribution is 2.19. The van der Waals surface area contributed by atoms with Crippen LogP contribution in [0, 0.1) is 11.8 Å². The summed E-state index contributed by atoms with van der Waals surface area (Å²) >= 11 is 0. The largest absolute Gasteiger partial charge is 0.368 e. The van der Waals surface area contributed by atoms with Gasteiger partial charge in [0.05, 0.1) is 0 Å². The highest BCUT2D eigenvalue weighted by Gasteiger charge is 2.36. The van der Waals surface area contributed by atoms with Crippen molar-refractivity contribution in [2.24, 2.45) is 17.6 Å². The average Bonchev–Trinajstić information content (AvgIpc) is 3.15. The second-order valence-corrected chi connectivity index (χ2v) is 8.85. The first-order valence-corrected chi connectivity index (χ1v) is 11.5. The molecule has 0 aliphatic carbocycles. The number of amides is 7. The molecule has 0 bridgehead atoms. The lowest BCUT2D eigenvalue weighted by Gasteiger charge is -2.18. The standard InChI is InChI=1S/C22H33N5O7/c1-13-11-18(30)26(21(13)33)9-6-16(28)24-8-4-3-5-15(20(23)32)25-17(29)7-10-27-19(31)12-14(2)22(27)34/h13-15H,3-12H2,1-2H3,(H2,23,32)(H,24,28)(H,25,29). The third-order valence-electron chi connectivity index (χ3n) is 5.98. The third kappa shape index (κ3) is 7.35. The number of nitrogens with one attached hydrogen (secondary N) is 2. The normalized spacial score (nSPS) is 21.2. The molecule has 0 aromatic carbocycles. The molecule has 2 fully saturated rings. The van der Waals surface area contributed by atoms with Crippen molar-refractivity contribution in [1.29, 1.82) is 0 Å². The number of carbonyl (C=O) groups excluding carboxylic acids is 7. The number of hydrogen-bond acceptors (Lipinski definition) is 7. The summed E-state index contributed by atoms with van der Waals surface area (Å²) in [5.41, 5.74) is 5.36. The molecular weight excluding hydrogens is 446 g/mol. The van der Waals surface area contributed by atoms with E-state index in [1.54, 1.807) is 13.8 Å². The molecule has 188 valence electrons. The van der Waals surface area contributed by atoms with E-state index >= 15 is 0 Å². The van der Waals surface area contributed by atoms with Crippen molar-refractivity contribution in [1.82, 2.24) is 20.4 Å². The maximum absolute atomic E-state index is 12.2. The molecular formula is C22H33N5O7. The lowest BCUT2D eigenvalue weighted by atomic mass is 10.1. The number of imide groups is 2. The lowest BCUT2D eigenvalue weighted by molar-refractivity contribution is -0.141. The number of primary amides is 1. The van der Waals surface area contributed by atoms with Crippen molar-refractivity contribution in [2.75, 3.05) is 19.6 Å². The summed E-state index contributed by atoms with van der Waals surface area (Å²) in [5, 5.41) is 5.22. The SMILES string of the molecule is CC1CC(=O)N(CCC(=O)NCCCCC(NC(=O)CCN2C(=O)CC(C)C2=O)C(N)=O)C1=O. The quantitative estimate of drug-likeness (QED) is 0.220. The van der Waals surface area contributed by atoms with Gasteiger partial charge in [-0.3, -0.25) is 43.4 Å². The molecule has 12 heteroatoms. The zero-order chi connectivity index (χ0) is 25.4. The molecule has 7 amide bonds. The molecule has 12 nitrogen and oxygen atoms in total. The molecule has 0 spiro atoms. The Morgan fingerprint density at radius 1 is 0.882 bits per heavy atom. The minimum Gasteiger partial charge on any atom is -0.368 e. The first-order chi connectivity index (χ1) is 16.0. The van der Waals surface area contributed by atoms with Crippen molar-refractivity contribution in [2.45, 2.75) is 64.8 Å². The van der Waals surface area contributed by atoms with Gasteiger partial charge in [-0.25, -0.2) is 0 Å². The van der Waals surface area contributed by atoms with E-state index in [9.17, 15) is 33.6 Å². The maximum atomic E-state index is 12.2. The summed E-state index contributed by atoms with van der Waals surface area (Å²) in [6.45, 7) is 3.67. The van der Waals surface area contributed by atoms with Gasteiger partial charge in [-0.15, -0.1) is 0 Å². The van der Waals surface area contributed by atoms with Crippen LogP contribution in [0.4, 0.5) is 0 Å². The van der Waals surface area contributed by atoms with E-state index < -0.39 is 17.9 Å². The van der Waals surface area contributed by atoms with Crippen molar-refractivity contribution < 1.29 is 33.6 Å². The molecule has 4 N–H and O–H groups in total. The fourth-order valence-corrected chi connectivity index (χ4v) is 3.93. The van der Waals surface area contributed by atoms with Gasteiger partial charge in [-0.1, -0.05) is 13.8 Å². The van der Waals surface area contributed by atoms with Crippen LogP contribution in [0.5, 0.6) is 0 Å². The zero-order valence-electron chi connectivity index (χ0n) is 19.6. The van der Waals surface area contributed by atoms with Gasteiger partial charge in [0.25, 0.3) is 0 Å². The molecule has 0 saturated carbocycles. The Balaban J connectivity index is 1.62. The predicted octanol–water partition coefficient (Wildman–Crippen LogP) is -1.19. The van der Waals surface area contributed by atoms with Gasteiger partial charge in [0.2, 0.25) is 41.4 Å². The van der Waals surface area contributed by atoms with Crippen LogP contribution in [0.2, 0.25) is 0 Å². The topological polar surface area (TPSA) is 176 Å². The second-order valence-electron chi connectivity index (χ2n) is 8.85. The van der Waals surface area contributed by atoms with Crippen molar-refractivity contribution in [3.8, 4) is 0 Å². The van der Waals surface area contributed by atoms with Gasteiger partial charge < -0.3 is 16.4 Å². The maximum Gasteiger partial charge on any atom is 0.239 e. The van der Waals surface area contributed by atoms with E-state index in [2.05, 4.69) is 10.6 Å². The van der Waals surface area contributed by atoms with Gasteiger partial charge in [-0.2, -0.15) is 0 Å². The molecule has 3 unspecified atom stereocenters. The Bertz CT molecular complexity index is 859. The summed E-state index contributed by atoms with van der Waals surface area (Å²) in [5.74, 6) is -3.35. The van der Waals surface area contributed by atoms with E-state index in [4.69, 9.17) is 5.73 Å². The van der Waals surface area contributed by atoms with Crippen LogP contribution in [-0.4, -0.2) is 76.8 Å². The van der Waals surface area contributed by atoms with Crippen LogP contribution >= 0.6 is 0 Å². The van der Waals surface area contributed by atoms with Crippen LogP contribution in [0.3, 0.4) is 0 Å². The van der Waals surface area contributed by atoms with Gasteiger partial charge in [0.1, 0.15) is 6.04 Å². The Morgan fingerprint density at radius 3 is 1.82 bits per heavy atom. The van der Waals surface area contributed by atoms with Crippen molar-refractivity contribution >= 4 is 41.4 Å². The Morgan fingerprint density at radius 2 is 1.38 bits per heavy atom. The minimum absolute atomic E-state index is 0.0188. The van der Waals surface area contributed by atoms with Crippen molar-refractivity contribution in [3.63, 3.8) is 0 Å². The number of unbranched alkanes of at least 4 members (excludes halogenated alkanes) is 1. The number of nitrogens with zero attached hydrogens (tertiary/aromatic N) is 2. The highest BCUT2D eigenvalue weighted by atomic mass is 16.2. The Hall–Kier alpha value is -3.31. The zero-order valence-corrected chi connectivity index (χ0v) is 19.6. The monoisotopic (exact) mass is 479 g/mol. The number of hydrogen-bond donors (Lipinski definition) is 3. The smallest absolute Gasteiger partial charge is 0.239 e. The molecule has 0 radical (unpaired) electrons. The van der Waals surface area contributed by atoms with E-state index in [1.807, 2.05) is 0 Å². The van der Waals surface area contributed by atoms with Gasteiger partial charge in [0.15, 0.2) is 0 Å². The highest BCUT2D eigenvalue weighted by molar-refractivity contribution is 6.04. The average molecular weight is 480 g/mol. The number of carbonyl (C=O) groups is 7. The van der Waals surface area contributed by atoms with E-state index in [1.165, 1.54) is 0 Å². The summed E-state index contributed by atoms with van der Waals surface area (Å²) < 4.78 is 0. The van der Waals surface area contributed by atoms with Crippen LogP contribution in [0.1, 0.15) is 58.8 Å². The fraction of sp³-hybridized carbons (Fsp3) is 0.682. The van der Waals surface area contributed by atoms with E-state index in [0.29, 0.717) is 19.4 Å². The molecule has 34 heavy (non-hydrogen) atoms. The molecule has 0 aromatic rings. The van der Waals surface area contributed by atoms with Crippen LogP contribution in [0.25, 0.3) is 0 Å². The van der Waals surface area contributed by atoms with E-state index in [-0.39, 0.29) is 86.6 Å². The molecule has 0 aromatic heterocycles. The van der Waals surface area contributed by atoms with Gasteiger partial charge in [0, 0.05) is 57.2 Å². The summed E-state index contributed by atoms with van der Waals surface area (Å²) in [4.78, 5) is 85.2. The molecule has 3 atom stereocenters. The third-order valence-corrected chi connectivity index (χ3v) is 5.98. The molecule has 2 saturated heterocycles. The number of likely N-dealkylation sites (tertiary alicyclic amines) is 2. The first kappa shape index (κ1) is 26.9. The van der Waals surface area contributed by atoms with E-state index in [0.717, 1.165) is 9.80 Å². The number of rotatable bonds is 13. The number of nitrogens with two attached hydrogens (primary N) is 1. The Labute approximate surface area is 197 Å². The van der Waals surface area contributed by atoms with Crippen LogP contribution in [0.15, 0.2) is 0 Å². The molecule has 2 aliphatic heterocycles. The molecule has 2 rings (SSSR count). The van der Waals surface area contributed by atoms with Gasteiger partial charge >= 0.3 is 0 Å².